The lowest BCUT2D eigenvalue weighted by atomic mass is 10.1. The zero-order valence-electron chi connectivity index (χ0n) is 8.61. The molecular weight excluding hydrogens is 284 g/mol. The van der Waals surface area contributed by atoms with Gasteiger partial charge in [-0.15, -0.1) is 0 Å². The van der Waals surface area contributed by atoms with E-state index in [0.717, 1.165) is 5.32 Å². The van der Waals surface area contributed by atoms with Gasteiger partial charge >= 0.3 is 18.1 Å². The van der Waals surface area contributed by atoms with Crippen LogP contribution >= 0.6 is 0 Å². The highest BCUT2D eigenvalue weighted by atomic mass is 19.4. The van der Waals surface area contributed by atoms with Crippen LogP contribution in [0.4, 0.5) is 32.0 Å². The number of nitrogens with one attached hydrogen (secondary N) is 1. The van der Waals surface area contributed by atoms with Crippen molar-refractivity contribution < 1.29 is 41.0 Å². The molecule has 104 valence electrons. The first kappa shape index (κ1) is 14.8. The highest BCUT2D eigenvalue weighted by molar-refractivity contribution is 6.02. The Labute approximate surface area is 100 Å². The maximum Gasteiger partial charge on any atom is 0.471 e. The molecule has 1 amide bonds. The summed E-state index contributed by atoms with van der Waals surface area (Å²) in [5, 5.41) is 9.37. The summed E-state index contributed by atoms with van der Waals surface area (Å²) in [5.74, 6) is -11.1. The molecule has 0 unspecified atom stereocenters. The number of amides is 1. The fourth-order valence-corrected chi connectivity index (χ4v) is 1.07. The van der Waals surface area contributed by atoms with E-state index in [1.807, 2.05) is 0 Å². The van der Waals surface area contributed by atoms with Crippen molar-refractivity contribution in [3.8, 4) is 0 Å². The summed E-state index contributed by atoms with van der Waals surface area (Å²) in [4.78, 5) is 21.1. The Bertz CT molecular complexity index is 554. The molecule has 10 heteroatoms. The molecule has 0 aliphatic carbocycles. The molecule has 4 nitrogen and oxygen atoms in total. The third-order valence-corrected chi connectivity index (χ3v) is 1.89. The summed E-state index contributed by atoms with van der Waals surface area (Å²) in [6.07, 6.45) is -5.45. The number of alkyl halides is 3. The van der Waals surface area contributed by atoms with Gasteiger partial charge < -0.3 is 10.4 Å². The van der Waals surface area contributed by atoms with Crippen LogP contribution in [0, 0.1) is 17.5 Å². The molecule has 0 spiro atoms. The Kier molecular flexibility index (Phi) is 3.73. The van der Waals surface area contributed by atoms with Gasteiger partial charge in [0.1, 0.15) is 0 Å². The van der Waals surface area contributed by atoms with E-state index in [1.54, 1.807) is 0 Å². The maximum atomic E-state index is 13.2. The van der Waals surface area contributed by atoms with Gasteiger partial charge in [0.2, 0.25) is 0 Å². The lowest BCUT2D eigenvalue weighted by Crippen LogP contribution is -2.31. The number of aromatic carboxylic acids is 1. The normalized spacial score (nSPS) is 11.3. The van der Waals surface area contributed by atoms with Crippen molar-refractivity contribution in [2.75, 3.05) is 5.32 Å². The van der Waals surface area contributed by atoms with Crippen molar-refractivity contribution in [2.45, 2.75) is 6.18 Å². The predicted molar refractivity (Wildman–Crippen MR) is 48.0 cm³/mol. The van der Waals surface area contributed by atoms with Gasteiger partial charge in [-0.2, -0.15) is 13.2 Å². The zero-order valence-corrected chi connectivity index (χ0v) is 8.61. The first-order chi connectivity index (χ1) is 8.55. The number of rotatable bonds is 2. The second kappa shape index (κ2) is 4.78. The highest BCUT2D eigenvalue weighted by Gasteiger charge is 2.40. The van der Waals surface area contributed by atoms with Crippen LogP contribution in [0.15, 0.2) is 6.07 Å². The minimum atomic E-state index is -5.45. The van der Waals surface area contributed by atoms with Crippen LogP contribution in [0.2, 0.25) is 0 Å². The van der Waals surface area contributed by atoms with Crippen molar-refractivity contribution >= 4 is 17.6 Å². The molecule has 0 atom stereocenters. The number of benzene rings is 1. The van der Waals surface area contributed by atoms with Crippen molar-refractivity contribution in [3.63, 3.8) is 0 Å². The Morgan fingerprint density at radius 3 is 2.05 bits per heavy atom. The second-order valence-electron chi connectivity index (χ2n) is 3.17. The van der Waals surface area contributed by atoms with E-state index in [0.29, 0.717) is 0 Å². The Morgan fingerprint density at radius 1 is 1.11 bits per heavy atom. The van der Waals surface area contributed by atoms with Crippen molar-refractivity contribution in [3.05, 3.63) is 29.1 Å². The minimum Gasteiger partial charge on any atom is -0.478 e. The summed E-state index contributed by atoms with van der Waals surface area (Å²) in [5.41, 5.74) is -2.96. The SMILES string of the molecule is O=C(O)c1cc(F)c(F)c(F)c1NC(=O)C(F)(F)F. The zero-order chi connectivity index (χ0) is 15.0. The van der Waals surface area contributed by atoms with Gasteiger partial charge in [-0.25, -0.2) is 18.0 Å². The number of halogens is 6. The second-order valence-corrected chi connectivity index (χ2v) is 3.17. The van der Waals surface area contributed by atoms with Crippen molar-refractivity contribution in [1.29, 1.82) is 0 Å². The van der Waals surface area contributed by atoms with Crippen LogP contribution in [-0.2, 0) is 4.79 Å². The smallest absolute Gasteiger partial charge is 0.471 e. The first-order valence-corrected chi connectivity index (χ1v) is 4.34. The molecule has 0 heterocycles. The largest absolute Gasteiger partial charge is 0.478 e. The van der Waals surface area contributed by atoms with Gasteiger partial charge in [0.15, 0.2) is 17.5 Å². The molecule has 1 aromatic rings. The minimum absolute atomic E-state index is 0.0489. The third-order valence-electron chi connectivity index (χ3n) is 1.89. The van der Waals surface area contributed by atoms with Crippen molar-refractivity contribution in [2.24, 2.45) is 0 Å². The molecular formula is C9H3F6NO3. The summed E-state index contributed by atoms with van der Waals surface area (Å²) < 4.78 is 74.5. The molecule has 0 aromatic heterocycles. The quantitative estimate of drug-likeness (QED) is 0.648. The van der Waals surface area contributed by atoms with E-state index in [9.17, 15) is 35.9 Å². The van der Waals surface area contributed by atoms with Crippen LogP contribution < -0.4 is 5.32 Å². The lowest BCUT2D eigenvalue weighted by molar-refractivity contribution is -0.167. The molecule has 0 saturated carbocycles. The van der Waals surface area contributed by atoms with Crippen LogP contribution in [-0.4, -0.2) is 23.2 Å². The Balaban J connectivity index is 3.37. The molecule has 0 saturated heterocycles. The first-order valence-electron chi connectivity index (χ1n) is 4.34. The van der Waals surface area contributed by atoms with Gasteiger partial charge in [0.05, 0.1) is 11.3 Å². The summed E-state index contributed by atoms with van der Waals surface area (Å²) in [6, 6.07) is -0.0489. The molecule has 1 aromatic carbocycles. The van der Waals surface area contributed by atoms with E-state index >= 15 is 0 Å². The average molecular weight is 287 g/mol. The van der Waals surface area contributed by atoms with Gasteiger partial charge in [-0.05, 0) is 6.07 Å². The van der Waals surface area contributed by atoms with Crippen molar-refractivity contribution in [1.82, 2.24) is 0 Å². The van der Waals surface area contributed by atoms with Crippen LogP contribution in [0.3, 0.4) is 0 Å². The van der Waals surface area contributed by atoms with Crippen LogP contribution in [0.1, 0.15) is 10.4 Å². The highest BCUT2D eigenvalue weighted by Crippen LogP contribution is 2.27. The van der Waals surface area contributed by atoms with E-state index in [2.05, 4.69) is 0 Å². The molecule has 1 rings (SSSR count). The van der Waals surface area contributed by atoms with E-state index in [4.69, 9.17) is 5.11 Å². The molecule has 0 aliphatic rings. The number of carboxylic acids is 1. The molecule has 0 radical (unpaired) electrons. The fraction of sp³-hybridized carbons (Fsp3) is 0.111. The summed E-state index contributed by atoms with van der Waals surface area (Å²) in [7, 11) is 0. The average Bonchev–Trinajstić information content (AvgIpc) is 2.27. The summed E-state index contributed by atoms with van der Waals surface area (Å²) in [6.45, 7) is 0. The number of anilines is 1. The third kappa shape index (κ3) is 2.95. The molecule has 19 heavy (non-hydrogen) atoms. The molecule has 2 N–H and O–H groups in total. The summed E-state index contributed by atoms with van der Waals surface area (Å²) >= 11 is 0. The van der Waals surface area contributed by atoms with Crippen LogP contribution in [0.5, 0.6) is 0 Å². The molecule has 0 fully saturated rings. The standard InChI is InChI=1S/C9H3F6NO3/c10-3-1-2(7(17)18)6(5(12)4(3)11)16-8(19)9(13,14)15/h1H,(H,16,19)(H,17,18). The number of hydrogen-bond acceptors (Lipinski definition) is 2. The number of hydrogen-bond donors (Lipinski definition) is 2. The molecule has 0 aliphatic heterocycles. The Morgan fingerprint density at radius 2 is 1.63 bits per heavy atom. The lowest BCUT2D eigenvalue weighted by Gasteiger charge is -2.12. The Hall–Kier alpha value is -2.26. The number of carboxylic acid groups (broad SMARTS) is 1. The topological polar surface area (TPSA) is 66.4 Å². The van der Waals surface area contributed by atoms with Gasteiger partial charge in [-0.3, -0.25) is 4.79 Å². The number of carbonyl (C=O) groups is 2. The van der Waals surface area contributed by atoms with Gasteiger partial charge in [0.25, 0.3) is 0 Å². The monoisotopic (exact) mass is 287 g/mol. The number of carbonyl (C=O) groups excluding carboxylic acids is 1. The van der Waals surface area contributed by atoms with E-state index in [1.165, 1.54) is 0 Å². The maximum absolute atomic E-state index is 13.2. The molecule has 0 bridgehead atoms. The van der Waals surface area contributed by atoms with Crippen LogP contribution in [0.25, 0.3) is 0 Å². The fourth-order valence-electron chi connectivity index (χ4n) is 1.07. The van der Waals surface area contributed by atoms with Gasteiger partial charge in [-0.1, -0.05) is 0 Å². The predicted octanol–water partition coefficient (Wildman–Crippen LogP) is 2.30. The van der Waals surface area contributed by atoms with Gasteiger partial charge in [0, 0.05) is 0 Å². The van der Waals surface area contributed by atoms with E-state index < -0.39 is 46.8 Å². The van der Waals surface area contributed by atoms with E-state index in [-0.39, 0.29) is 6.07 Å².